The van der Waals surface area contributed by atoms with Gasteiger partial charge in [0.1, 0.15) is 17.4 Å². The third-order valence-corrected chi connectivity index (χ3v) is 4.57. The number of pyridine rings is 1. The Morgan fingerprint density at radius 1 is 1.27 bits per heavy atom. The van der Waals surface area contributed by atoms with Gasteiger partial charge in [-0.05, 0) is 19.1 Å². The van der Waals surface area contributed by atoms with Gasteiger partial charge in [-0.25, -0.2) is 4.98 Å². The van der Waals surface area contributed by atoms with E-state index >= 15 is 0 Å². The van der Waals surface area contributed by atoms with Crippen LogP contribution in [0.1, 0.15) is 27.8 Å². The van der Waals surface area contributed by atoms with E-state index in [2.05, 4.69) is 9.97 Å². The van der Waals surface area contributed by atoms with Gasteiger partial charge in [0.25, 0.3) is 11.5 Å². The standard InChI is InChI=1S/C18H23N5O3/c1-12-5-6-13(17(24)22(12)4)18(25)23-9-10-26-14(11-23)15-16(21(2)3)20-8-7-19-15/h5-8,14H,9-11H2,1-4H3/t14-/m0/s1. The van der Waals surface area contributed by atoms with Crippen LogP contribution in [0.4, 0.5) is 5.82 Å². The molecule has 2 aromatic heterocycles. The molecule has 0 unspecified atom stereocenters. The van der Waals surface area contributed by atoms with Crippen molar-refractivity contribution < 1.29 is 9.53 Å². The number of hydrogen-bond donors (Lipinski definition) is 0. The van der Waals surface area contributed by atoms with Crippen LogP contribution >= 0.6 is 0 Å². The van der Waals surface area contributed by atoms with Gasteiger partial charge in [0, 0.05) is 45.8 Å². The summed E-state index contributed by atoms with van der Waals surface area (Å²) in [5.41, 5.74) is 1.38. The number of carbonyl (C=O) groups excluding carboxylic acids is 1. The van der Waals surface area contributed by atoms with Crippen molar-refractivity contribution in [2.45, 2.75) is 13.0 Å². The Balaban J connectivity index is 1.87. The second-order valence-corrected chi connectivity index (χ2v) is 6.52. The molecule has 26 heavy (non-hydrogen) atoms. The monoisotopic (exact) mass is 357 g/mol. The average Bonchev–Trinajstić information content (AvgIpc) is 2.66. The van der Waals surface area contributed by atoms with Crippen molar-refractivity contribution in [1.82, 2.24) is 19.4 Å². The van der Waals surface area contributed by atoms with E-state index in [0.29, 0.717) is 31.2 Å². The topological polar surface area (TPSA) is 80.6 Å². The van der Waals surface area contributed by atoms with Crippen molar-refractivity contribution in [3.05, 3.63) is 51.8 Å². The van der Waals surface area contributed by atoms with E-state index in [1.165, 1.54) is 4.57 Å². The number of hydrogen-bond acceptors (Lipinski definition) is 6. The number of rotatable bonds is 3. The zero-order chi connectivity index (χ0) is 18.8. The van der Waals surface area contributed by atoms with Crippen molar-refractivity contribution in [1.29, 1.82) is 0 Å². The molecule has 8 nitrogen and oxygen atoms in total. The number of anilines is 1. The van der Waals surface area contributed by atoms with Gasteiger partial charge in [0.05, 0.1) is 13.2 Å². The van der Waals surface area contributed by atoms with Gasteiger partial charge in [-0.2, -0.15) is 0 Å². The SMILES string of the molecule is Cc1ccc(C(=O)N2CCO[C@H](c3nccnc3N(C)C)C2)c(=O)n1C. The minimum atomic E-state index is -0.381. The number of amides is 1. The summed E-state index contributed by atoms with van der Waals surface area (Å²) in [6.07, 6.45) is 2.86. The first-order valence-electron chi connectivity index (χ1n) is 8.46. The number of nitrogens with zero attached hydrogens (tertiary/aromatic N) is 5. The molecule has 0 N–H and O–H groups in total. The van der Waals surface area contributed by atoms with Crippen LogP contribution in [-0.4, -0.2) is 59.1 Å². The van der Waals surface area contributed by atoms with E-state index < -0.39 is 0 Å². The van der Waals surface area contributed by atoms with Gasteiger partial charge in [-0.1, -0.05) is 0 Å². The number of aromatic nitrogens is 3. The average molecular weight is 357 g/mol. The fourth-order valence-corrected chi connectivity index (χ4v) is 2.97. The van der Waals surface area contributed by atoms with E-state index in [1.54, 1.807) is 36.5 Å². The molecule has 0 aliphatic carbocycles. The van der Waals surface area contributed by atoms with Crippen molar-refractivity contribution >= 4 is 11.7 Å². The Bertz CT molecular complexity index is 877. The summed E-state index contributed by atoms with van der Waals surface area (Å²) in [5.74, 6) is 0.423. The molecule has 1 atom stereocenters. The molecule has 0 spiro atoms. The third kappa shape index (κ3) is 3.32. The first kappa shape index (κ1) is 18.1. The fourth-order valence-electron chi connectivity index (χ4n) is 2.97. The molecule has 0 bridgehead atoms. The normalized spacial score (nSPS) is 17.2. The van der Waals surface area contributed by atoms with Crippen LogP contribution in [0, 0.1) is 6.92 Å². The minimum absolute atomic E-state index is 0.172. The van der Waals surface area contributed by atoms with Crippen LogP contribution in [0.2, 0.25) is 0 Å². The van der Waals surface area contributed by atoms with Gasteiger partial charge in [-0.15, -0.1) is 0 Å². The van der Waals surface area contributed by atoms with Crippen LogP contribution in [0.5, 0.6) is 0 Å². The smallest absolute Gasteiger partial charge is 0.263 e. The molecule has 1 saturated heterocycles. The molecular formula is C18H23N5O3. The molecule has 8 heteroatoms. The molecule has 0 aromatic carbocycles. The Labute approximate surface area is 152 Å². The molecule has 3 rings (SSSR count). The quantitative estimate of drug-likeness (QED) is 0.807. The number of ether oxygens (including phenoxy) is 1. The van der Waals surface area contributed by atoms with E-state index in [-0.39, 0.29) is 23.1 Å². The predicted molar refractivity (Wildman–Crippen MR) is 97.4 cm³/mol. The first-order chi connectivity index (χ1) is 12.4. The predicted octanol–water partition coefficient (Wildman–Crippen LogP) is 0.763. The summed E-state index contributed by atoms with van der Waals surface area (Å²) in [4.78, 5) is 37.6. The van der Waals surface area contributed by atoms with E-state index in [4.69, 9.17) is 4.74 Å². The Hall–Kier alpha value is -2.74. The minimum Gasteiger partial charge on any atom is -0.368 e. The highest BCUT2D eigenvalue weighted by Crippen LogP contribution is 2.27. The summed E-state index contributed by atoms with van der Waals surface area (Å²) in [6.45, 7) is 2.97. The van der Waals surface area contributed by atoms with Crippen LogP contribution < -0.4 is 10.5 Å². The second-order valence-electron chi connectivity index (χ2n) is 6.52. The van der Waals surface area contributed by atoms with Gasteiger partial charge in [0.2, 0.25) is 0 Å². The molecule has 0 saturated carbocycles. The fraction of sp³-hybridized carbons (Fsp3) is 0.444. The lowest BCUT2D eigenvalue weighted by molar-refractivity contribution is -0.0247. The van der Waals surface area contributed by atoms with Gasteiger partial charge >= 0.3 is 0 Å². The summed E-state index contributed by atoms with van der Waals surface area (Å²) in [5, 5.41) is 0. The number of aryl methyl sites for hydroxylation is 1. The van der Waals surface area contributed by atoms with E-state index in [0.717, 1.165) is 5.69 Å². The van der Waals surface area contributed by atoms with Gasteiger partial charge < -0.3 is 19.1 Å². The van der Waals surface area contributed by atoms with Crippen molar-refractivity contribution in [3.63, 3.8) is 0 Å². The zero-order valence-corrected chi connectivity index (χ0v) is 15.5. The van der Waals surface area contributed by atoms with E-state index in [1.807, 2.05) is 25.9 Å². The molecule has 1 aliphatic rings. The number of morpholine rings is 1. The highest BCUT2D eigenvalue weighted by Gasteiger charge is 2.30. The summed E-state index contributed by atoms with van der Waals surface area (Å²) < 4.78 is 7.32. The lowest BCUT2D eigenvalue weighted by Gasteiger charge is -2.33. The summed E-state index contributed by atoms with van der Waals surface area (Å²) >= 11 is 0. The first-order valence-corrected chi connectivity index (χ1v) is 8.46. The number of carbonyl (C=O) groups is 1. The van der Waals surface area contributed by atoms with Crippen LogP contribution in [0.3, 0.4) is 0 Å². The van der Waals surface area contributed by atoms with Crippen LogP contribution in [-0.2, 0) is 11.8 Å². The van der Waals surface area contributed by atoms with E-state index in [9.17, 15) is 9.59 Å². The van der Waals surface area contributed by atoms with Crippen molar-refractivity contribution in [2.24, 2.45) is 7.05 Å². The van der Waals surface area contributed by atoms with Crippen LogP contribution in [0.25, 0.3) is 0 Å². The highest BCUT2D eigenvalue weighted by atomic mass is 16.5. The largest absolute Gasteiger partial charge is 0.368 e. The Morgan fingerprint density at radius 2 is 2.00 bits per heavy atom. The van der Waals surface area contributed by atoms with Gasteiger partial charge in [0.15, 0.2) is 5.82 Å². The molecule has 138 valence electrons. The second kappa shape index (κ2) is 7.25. The zero-order valence-electron chi connectivity index (χ0n) is 15.5. The summed E-state index contributed by atoms with van der Waals surface area (Å²) in [7, 11) is 5.43. The Morgan fingerprint density at radius 3 is 2.73 bits per heavy atom. The highest BCUT2D eigenvalue weighted by molar-refractivity contribution is 5.94. The van der Waals surface area contributed by atoms with Crippen molar-refractivity contribution in [2.75, 3.05) is 38.7 Å². The van der Waals surface area contributed by atoms with Gasteiger partial charge in [-0.3, -0.25) is 14.6 Å². The molecule has 2 aromatic rings. The maximum absolute atomic E-state index is 12.9. The molecule has 1 aliphatic heterocycles. The molecule has 0 radical (unpaired) electrons. The Kier molecular flexibility index (Phi) is 5.03. The van der Waals surface area contributed by atoms with Crippen molar-refractivity contribution in [3.8, 4) is 0 Å². The summed E-state index contributed by atoms with van der Waals surface area (Å²) in [6, 6.07) is 3.37. The molecular weight excluding hydrogens is 334 g/mol. The maximum atomic E-state index is 12.9. The molecule has 1 amide bonds. The lowest BCUT2D eigenvalue weighted by Crippen LogP contribution is -2.44. The maximum Gasteiger partial charge on any atom is 0.263 e. The molecule has 3 heterocycles. The third-order valence-electron chi connectivity index (χ3n) is 4.57. The van der Waals surface area contributed by atoms with Crippen LogP contribution in [0.15, 0.2) is 29.3 Å². The lowest BCUT2D eigenvalue weighted by atomic mass is 10.1. The molecule has 1 fully saturated rings.